The van der Waals surface area contributed by atoms with E-state index in [1.54, 1.807) is 11.7 Å². The minimum atomic E-state index is -0.131. The van der Waals surface area contributed by atoms with Gasteiger partial charge in [-0.05, 0) is 43.7 Å². The summed E-state index contributed by atoms with van der Waals surface area (Å²) in [6.07, 6.45) is 1.82. The summed E-state index contributed by atoms with van der Waals surface area (Å²) in [5.41, 5.74) is 3.74. The highest BCUT2D eigenvalue weighted by Gasteiger charge is 2.16. The Morgan fingerprint density at radius 2 is 1.87 bits per heavy atom. The molecule has 2 aromatic heterocycles. The predicted octanol–water partition coefficient (Wildman–Crippen LogP) is 4.40. The second-order valence-corrected chi connectivity index (χ2v) is 7.37. The molecule has 0 radical (unpaired) electrons. The molecular weight excluding hydrogens is 392 g/mol. The zero-order chi connectivity index (χ0) is 21.8. The van der Waals surface area contributed by atoms with Crippen molar-refractivity contribution < 1.29 is 14.1 Å². The fraction of sp³-hybridized carbons (Fsp3) is 0.208. The van der Waals surface area contributed by atoms with E-state index in [0.29, 0.717) is 17.4 Å². The van der Waals surface area contributed by atoms with Crippen LogP contribution in [0.25, 0.3) is 23.0 Å². The van der Waals surface area contributed by atoms with Gasteiger partial charge in [0, 0.05) is 11.8 Å². The standard InChI is InChI=1S/C24H24N4O3/c1-16-6-8-19(9-7-16)23-26-24(31-27-23)21-5-4-14-28(21)15-22(29)25-17(2)18-10-12-20(30-3)13-11-18/h4-14,17H,15H2,1-3H3,(H,25,29). The van der Waals surface area contributed by atoms with Gasteiger partial charge < -0.3 is 19.1 Å². The Balaban J connectivity index is 1.44. The molecule has 0 aliphatic rings. The first-order valence-electron chi connectivity index (χ1n) is 10.0. The largest absolute Gasteiger partial charge is 0.497 e. The van der Waals surface area contributed by atoms with Crippen molar-refractivity contribution in [3.63, 3.8) is 0 Å². The number of nitrogens with zero attached hydrogens (tertiary/aromatic N) is 3. The molecule has 0 aliphatic carbocycles. The number of aryl methyl sites for hydroxylation is 1. The van der Waals surface area contributed by atoms with E-state index in [2.05, 4.69) is 15.5 Å². The van der Waals surface area contributed by atoms with Gasteiger partial charge in [0.2, 0.25) is 11.7 Å². The smallest absolute Gasteiger partial charge is 0.274 e. The fourth-order valence-electron chi connectivity index (χ4n) is 3.31. The number of ether oxygens (including phenoxy) is 1. The van der Waals surface area contributed by atoms with Crippen molar-refractivity contribution in [2.45, 2.75) is 26.4 Å². The second kappa shape index (κ2) is 8.87. The van der Waals surface area contributed by atoms with E-state index in [0.717, 1.165) is 22.4 Å². The Kier molecular flexibility index (Phi) is 5.84. The van der Waals surface area contributed by atoms with E-state index in [-0.39, 0.29) is 18.5 Å². The number of amides is 1. The first-order valence-corrected chi connectivity index (χ1v) is 10.0. The van der Waals surface area contributed by atoms with Gasteiger partial charge in [-0.2, -0.15) is 4.98 Å². The molecule has 1 unspecified atom stereocenters. The quantitative estimate of drug-likeness (QED) is 0.483. The maximum atomic E-state index is 12.6. The summed E-state index contributed by atoms with van der Waals surface area (Å²) in [6.45, 7) is 4.12. The van der Waals surface area contributed by atoms with Crippen molar-refractivity contribution >= 4 is 5.91 Å². The summed E-state index contributed by atoms with van der Waals surface area (Å²) in [6, 6.07) is 19.1. The van der Waals surface area contributed by atoms with Crippen LogP contribution in [0.3, 0.4) is 0 Å². The van der Waals surface area contributed by atoms with Crippen LogP contribution < -0.4 is 10.1 Å². The van der Waals surface area contributed by atoms with Crippen molar-refractivity contribution in [3.05, 3.63) is 78.0 Å². The van der Waals surface area contributed by atoms with E-state index in [1.165, 1.54) is 0 Å². The first-order chi connectivity index (χ1) is 15.0. The average Bonchev–Trinajstić information content (AvgIpc) is 3.43. The molecule has 7 heteroatoms. The molecule has 4 rings (SSSR count). The lowest BCUT2D eigenvalue weighted by Gasteiger charge is -2.15. The van der Waals surface area contributed by atoms with Gasteiger partial charge in [0.25, 0.3) is 5.89 Å². The Hall–Kier alpha value is -3.87. The van der Waals surface area contributed by atoms with E-state index in [4.69, 9.17) is 9.26 Å². The van der Waals surface area contributed by atoms with Crippen LogP contribution in [-0.2, 0) is 11.3 Å². The molecular formula is C24H24N4O3. The van der Waals surface area contributed by atoms with Gasteiger partial charge in [-0.1, -0.05) is 47.1 Å². The molecule has 0 spiro atoms. The summed E-state index contributed by atoms with van der Waals surface area (Å²) in [5.74, 6) is 1.56. The Morgan fingerprint density at radius 3 is 2.58 bits per heavy atom. The van der Waals surface area contributed by atoms with Crippen LogP contribution in [-0.4, -0.2) is 27.7 Å². The van der Waals surface area contributed by atoms with Crippen LogP contribution in [0, 0.1) is 6.92 Å². The lowest BCUT2D eigenvalue weighted by atomic mass is 10.1. The average molecular weight is 416 g/mol. The van der Waals surface area contributed by atoms with Crippen LogP contribution in [0.2, 0.25) is 0 Å². The zero-order valence-electron chi connectivity index (χ0n) is 17.7. The number of nitrogens with one attached hydrogen (secondary N) is 1. The minimum Gasteiger partial charge on any atom is -0.497 e. The fourth-order valence-corrected chi connectivity index (χ4v) is 3.31. The Bertz CT molecular complexity index is 1160. The van der Waals surface area contributed by atoms with Crippen molar-refractivity contribution in [1.82, 2.24) is 20.0 Å². The Morgan fingerprint density at radius 1 is 1.13 bits per heavy atom. The number of carbonyl (C=O) groups excluding carboxylic acids is 1. The molecule has 0 saturated carbocycles. The van der Waals surface area contributed by atoms with Gasteiger partial charge in [0.1, 0.15) is 18.0 Å². The van der Waals surface area contributed by atoms with Crippen LogP contribution in [0.5, 0.6) is 5.75 Å². The molecule has 4 aromatic rings. The molecule has 158 valence electrons. The molecule has 7 nitrogen and oxygen atoms in total. The summed E-state index contributed by atoms with van der Waals surface area (Å²) >= 11 is 0. The summed E-state index contributed by atoms with van der Waals surface area (Å²) in [4.78, 5) is 17.1. The zero-order valence-corrected chi connectivity index (χ0v) is 17.7. The van der Waals surface area contributed by atoms with Crippen molar-refractivity contribution in [2.75, 3.05) is 7.11 Å². The highest BCUT2D eigenvalue weighted by molar-refractivity contribution is 5.77. The van der Waals surface area contributed by atoms with Crippen LogP contribution in [0.15, 0.2) is 71.4 Å². The normalized spacial score (nSPS) is 11.8. The third kappa shape index (κ3) is 4.66. The summed E-state index contributed by atoms with van der Waals surface area (Å²) < 4.78 is 12.4. The maximum Gasteiger partial charge on any atom is 0.274 e. The van der Waals surface area contributed by atoms with Gasteiger partial charge in [-0.25, -0.2) is 0 Å². The lowest BCUT2D eigenvalue weighted by Crippen LogP contribution is -2.30. The third-order valence-electron chi connectivity index (χ3n) is 5.09. The highest BCUT2D eigenvalue weighted by atomic mass is 16.5. The number of methoxy groups -OCH3 is 1. The number of hydrogen-bond acceptors (Lipinski definition) is 5. The van der Waals surface area contributed by atoms with Gasteiger partial charge in [-0.15, -0.1) is 0 Å². The number of aromatic nitrogens is 3. The van der Waals surface area contributed by atoms with Gasteiger partial charge >= 0.3 is 0 Å². The number of carbonyl (C=O) groups is 1. The SMILES string of the molecule is COc1ccc(C(C)NC(=O)Cn2cccc2-c2nc(-c3ccc(C)cc3)no2)cc1. The van der Waals surface area contributed by atoms with Gasteiger partial charge in [-0.3, -0.25) is 4.79 Å². The van der Waals surface area contributed by atoms with Crippen molar-refractivity contribution in [1.29, 1.82) is 0 Å². The molecule has 0 aliphatic heterocycles. The van der Waals surface area contributed by atoms with Crippen LogP contribution in [0.1, 0.15) is 24.1 Å². The summed E-state index contributed by atoms with van der Waals surface area (Å²) in [5, 5.41) is 7.10. The monoisotopic (exact) mass is 416 g/mol. The number of benzene rings is 2. The molecule has 0 saturated heterocycles. The topological polar surface area (TPSA) is 82.2 Å². The van der Waals surface area contributed by atoms with E-state index in [9.17, 15) is 4.79 Å². The molecule has 1 amide bonds. The molecule has 1 N–H and O–H groups in total. The van der Waals surface area contributed by atoms with Crippen LogP contribution >= 0.6 is 0 Å². The van der Waals surface area contributed by atoms with Crippen LogP contribution in [0.4, 0.5) is 0 Å². The van der Waals surface area contributed by atoms with E-state index >= 15 is 0 Å². The molecule has 1 atom stereocenters. The number of rotatable bonds is 7. The molecule has 2 aromatic carbocycles. The second-order valence-electron chi connectivity index (χ2n) is 7.37. The van der Waals surface area contributed by atoms with Gasteiger partial charge in [0.05, 0.1) is 13.2 Å². The molecule has 31 heavy (non-hydrogen) atoms. The van der Waals surface area contributed by atoms with Crippen molar-refractivity contribution in [3.8, 4) is 28.7 Å². The third-order valence-corrected chi connectivity index (χ3v) is 5.09. The first kappa shape index (κ1) is 20.4. The molecule has 0 bridgehead atoms. The van der Waals surface area contributed by atoms with E-state index in [1.807, 2.05) is 80.7 Å². The van der Waals surface area contributed by atoms with Gasteiger partial charge in [0.15, 0.2) is 0 Å². The van der Waals surface area contributed by atoms with Crippen molar-refractivity contribution in [2.24, 2.45) is 0 Å². The lowest BCUT2D eigenvalue weighted by molar-refractivity contribution is -0.122. The maximum absolute atomic E-state index is 12.6. The summed E-state index contributed by atoms with van der Waals surface area (Å²) in [7, 11) is 1.63. The minimum absolute atomic E-state index is 0.112. The Labute approximate surface area is 180 Å². The molecule has 2 heterocycles. The van der Waals surface area contributed by atoms with E-state index < -0.39 is 0 Å². The highest BCUT2D eigenvalue weighted by Crippen LogP contribution is 2.23. The molecule has 0 fully saturated rings. The predicted molar refractivity (Wildman–Crippen MR) is 117 cm³/mol. The number of hydrogen-bond donors (Lipinski definition) is 1.